The zero-order valence-electron chi connectivity index (χ0n) is 30.1. The number of benzene rings is 8. The number of hydrogen-bond donors (Lipinski definition) is 0. The summed E-state index contributed by atoms with van der Waals surface area (Å²) >= 11 is 0. The van der Waals surface area contributed by atoms with Gasteiger partial charge >= 0.3 is 0 Å². The molecule has 0 bridgehead atoms. The Morgan fingerprint density at radius 3 is 1.39 bits per heavy atom. The number of rotatable bonds is 4. The fraction of sp³-hybridized carbons (Fsp3) is 0. The minimum absolute atomic E-state index is 0.821. The SMILES string of the molecule is c1ccc(-c2nc3c4ccccc4c4ccccc4c3nc2-c2ccnc(-n3c4ccccc4c4cc5c(cc43)c3ccccc3n5-c3ccccc3)c2)cc1. The maximum absolute atomic E-state index is 5.55. The van der Waals surface area contributed by atoms with Gasteiger partial charge in [-0.25, -0.2) is 15.0 Å². The monoisotopic (exact) mass is 713 g/mol. The topological polar surface area (TPSA) is 48.5 Å². The summed E-state index contributed by atoms with van der Waals surface area (Å²) in [4.78, 5) is 16.1. The number of nitrogens with zero attached hydrogens (tertiary/aromatic N) is 5. The van der Waals surface area contributed by atoms with Crippen LogP contribution in [0.3, 0.4) is 0 Å². The van der Waals surface area contributed by atoms with E-state index >= 15 is 0 Å². The van der Waals surface area contributed by atoms with Crippen molar-refractivity contribution in [3.63, 3.8) is 0 Å². The number of aromatic nitrogens is 5. The van der Waals surface area contributed by atoms with Crippen LogP contribution in [0.5, 0.6) is 0 Å². The second-order valence-electron chi connectivity index (χ2n) is 14.4. The van der Waals surface area contributed by atoms with Crippen molar-refractivity contribution >= 4 is 76.2 Å². The first kappa shape index (κ1) is 30.8. The first-order valence-electron chi connectivity index (χ1n) is 19.0. The second kappa shape index (κ2) is 11.9. The molecule has 0 fully saturated rings. The average Bonchev–Trinajstić information content (AvgIpc) is 3.78. The van der Waals surface area contributed by atoms with E-state index in [-0.39, 0.29) is 0 Å². The minimum atomic E-state index is 0.821. The Balaban J connectivity index is 1.14. The molecule has 0 spiro atoms. The third kappa shape index (κ3) is 4.46. The van der Waals surface area contributed by atoms with Crippen LogP contribution in [-0.2, 0) is 0 Å². The molecule has 0 aliphatic heterocycles. The fourth-order valence-electron chi connectivity index (χ4n) is 8.88. The van der Waals surface area contributed by atoms with Gasteiger partial charge in [-0.1, -0.05) is 133 Å². The van der Waals surface area contributed by atoms with Gasteiger partial charge in [0.1, 0.15) is 5.82 Å². The van der Waals surface area contributed by atoms with Crippen molar-refractivity contribution in [1.29, 1.82) is 0 Å². The molecule has 0 unspecified atom stereocenters. The van der Waals surface area contributed by atoms with Crippen molar-refractivity contribution in [2.75, 3.05) is 0 Å². The van der Waals surface area contributed by atoms with Crippen molar-refractivity contribution in [1.82, 2.24) is 24.1 Å². The number of pyridine rings is 1. The van der Waals surface area contributed by atoms with Crippen LogP contribution in [0.2, 0.25) is 0 Å². The summed E-state index contributed by atoms with van der Waals surface area (Å²) in [6, 6.07) is 64.4. The molecule has 5 heteroatoms. The van der Waals surface area contributed by atoms with Gasteiger partial charge < -0.3 is 4.57 Å². The van der Waals surface area contributed by atoms with Gasteiger partial charge in [0.2, 0.25) is 0 Å². The van der Waals surface area contributed by atoms with Crippen LogP contribution in [0, 0.1) is 0 Å². The molecule has 5 nitrogen and oxygen atoms in total. The molecule has 0 aliphatic rings. The van der Waals surface area contributed by atoms with Crippen LogP contribution < -0.4 is 0 Å². The van der Waals surface area contributed by atoms with Crippen LogP contribution in [0.1, 0.15) is 0 Å². The molecule has 260 valence electrons. The van der Waals surface area contributed by atoms with E-state index in [4.69, 9.17) is 15.0 Å². The largest absolute Gasteiger partial charge is 0.309 e. The molecule has 4 heterocycles. The molecule has 56 heavy (non-hydrogen) atoms. The molecule has 0 radical (unpaired) electrons. The third-order valence-corrected chi connectivity index (χ3v) is 11.3. The summed E-state index contributed by atoms with van der Waals surface area (Å²) < 4.78 is 4.69. The lowest BCUT2D eigenvalue weighted by atomic mass is 9.98. The summed E-state index contributed by atoms with van der Waals surface area (Å²) in [5, 5.41) is 9.29. The Kier molecular flexibility index (Phi) is 6.56. The van der Waals surface area contributed by atoms with Gasteiger partial charge in [-0.3, -0.25) is 4.57 Å². The molecule has 0 saturated carbocycles. The molecular formula is C51H31N5. The van der Waals surface area contributed by atoms with Gasteiger partial charge in [-0.15, -0.1) is 0 Å². The molecule has 0 atom stereocenters. The lowest BCUT2D eigenvalue weighted by molar-refractivity contribution is 1.08. The highest BCUT2D eigenvalue weighted by Gasteiger charge is 2.21. The number of para-hydroxylation sites is 3. The Hall–Kier alpha value is -7.63. The highest BCUT2D eigenvalue weighted by molar-refractivity contribution is 6.24. The van der Waals surface area contributed by atoms with Crippen LogP contribution in [0.4, 0.5) is 0 Å². The van der Waals surface area contributed by atoms with Crippen molar-refractivity contribution < 1.29 is 0 Å². The van der Waals surface area contributed by atoms with Crippen LogP contribution in [-0.4, -0.2) is 24.1 Å². The molecule has 0 amide bonds. The lowest BCUT2D eigenvalue weighted by Gasteiger charge is -2.15. The smallest absolute Gasteiger partial charge is 0.138 e. The first-order chi connectivity index (χ1) is 27.8. The maximum Gasteiger partial charge on any atom is 0.138 e. The second-order valence-corrected chi connectivity index (χ2v) is 14.4. The number of fused-ring (bicyclic) bond motifs is 12. The first-order valence-corrected chi connectivity index (χ1v) is 19.0. The summed E-state index contributed by atoms with van der Waals surface area (Å²) in [6.45, 7) is 0. The summed E-state index contributed by atoms with van der Waals surface area (Å²) in [7, 11) is 0. The van der Waals surface area contributed by atoms with Gasteiger partial charge in [0, 0.05) is 55.3 Å². The van der Waals surface area contributed by atoms with Gasteiger partial charge in [-0.05, 0) is 59.3 Å². The molecule has 0 N–H and O–H groups in total. The van der Waals surface area contributed by atoms with E-state index in [2.05, 4.69) is 185 Å². The molecule has 8 aromatic carbocycles. The molecule has 4 aromatic heterocycles. The standard InChI is InChI=1S/C51H31N5/c1-3-15-32(16-4-1)48-49(54-51-40-24-10-8-20-36(40)35-19-7-9-23-39(35)50(51)53-48)33-27-28-52-47(29-33)56-44-26-14-12-22-38(44)42-30-45-41(31-46(42)56)37-21-11-13-25-43(37)55(45)34-17-5-2-6-18-34/h1-31H. The van der Waals surface area contributed by atoms with Gasteiger partial charge in [0.25, 0.3) is 0 Å². The third-order valence-electron chi connectivity index (χ3n) is 11.3. The quantitative estimate of drug-likeness (QED) is 0.171. The fourth-order valence-corrected chi connectivity index (χ4v) is 8.88. The molecule has 0 aliphatic carbocycles. The van der Waals surface area contributed by atoms with Crippen molar-refractivity contribution in [2.24, 2.45) is 0 Å². The predicted octanol–water partition coefficient (Wildman–Crippen LogP) is 12.9. The Labute approximate surface area is 321 Å². The van der Waals surface area contributed by atoms with E-state index in [1.807, 2.05) is 12.3 Å². The van der Waals surface area contributed by atoms with E-state index < -0.39 is 0 Å². The van der Waals surface area contributed by atoms with E-state index in [1.165, 1.54) is 43.4 Å². The van der Waals surface area contributed by atoms with E-state index in [9.17, 15) is 0 Å². The lowest BCUT2D eigenvalue weighted by Crippen LogP contribution is -2.00. The molecule has 0 saturated heterocycles. The maximum atomic E-state index is 5.55. The van der Waals surface area contributed by atoms with Gasteiger partial charge in [0.15, 0.2) is 0 Å². The Bertz CT molecular complexity index is 3530. The van der Waals surface area contributed by atoms with Gasteiger partial charge in [-0.2, -0.15) is 0 Å². The van der Waals surface area contributed by atoms with Crippen LogP contribution in [0.25, 0.3) is 110 Å². The Morgan fingerprint density at radius 2 is 0.786 bits per heavy atom. The summed E-state index contributed by atoms with van der Waals surface area (Å²) in [5.41, 5.74) is 11.1. The van der Waals surface area contributed by atoms with E-state index in [0.717, 1.165) is 66.9 Å². The average molecular weight is 714 g/mol. The van der Waals surface area contributed by atoms with Crippen LogP contribution in [0.15, 0.2) is 188 Å². The van der Waals surface area contributed by atoms with Crippen LogP contribution >= 0.6 is 0 Å². The summed E-state index contributed by atoms with van der Waals surface area (Å²) in [5.74, 6) is 0.823. The normalized spacial score (nSPS) is 11.9. The molecule has 12 rings (SSSR count). The van der Waals surface area contributed by atoms with E-state index in [0.29, 0.717) is 0 Å². The van der Waals surface area contributed by atoms with Crippen molar-refractivity contribution in [2.45, 2.75) is 0 Å². The van der Waals surface area contributed by atoms with Crippen molar-refractivity contribution in [3.8, 4) is 34.0 Å². The minimum Gasteiger partial charge on any atom is -0.309 e. The summed E-state index contributed by atoms with van der Waals surface area (Å²) in [6.07, 6.45) is 1.91. The van der Waals surface area contributed by atoms with Crippen molar-refractivity contribution in [3.05, 3.63) is 188 Å². The Morgan fingerprint density at radius 1 is 0.321 bits per heavy atom. The van der Waals surface area contributed by atoms with Gasteiger partial charge in [0.05, 0.1) is 44.5 Å². The highest BCUT2D eigenvalue weighted by atomic mass is 15.1. The van der Waals surface area contributed by atoms with E-state index in [1.54, 1.807) is 0 Å². The zero-order chi connectivity index (χ0) is 36.7. The molecule has 12 aromatic rings. The highest BCUT2D eigenvalue weighted by Crippen LogP contribution is 2.41. The zero-order valence-corrected chi connectivity index (χ0v) is 30.1. The number of hydrogen-bond acceptors (Lipinski definition) is 3. The molecular weight excluding hydrogens is 683 g/mol. The predicted molar refractivity (Wildman–Crippen MR) is 232 cm³/mol.